The van der Waals surface area contributed by atoms with Crippen LogP contribution < -0.4 is 0 Å². The van der Waals surface area contributed by atoms with E-state index in [0.29, 0.717) is 11.4 Å². The van der Waals surface area contributed by atoms with E-state index in [9.17, 15) is 4.79 Å². The van der Waals surface area contributed by atoms with Gasteiger partial charge in [-0.2, -0.15) is 0 Å². The third-order valence-corrected chi connectivity index (χ3v) is 3.47. The van der Waals surface area contributed by atoms with Gasteiger partial charge in [0, 0.05) is 23.0 Å². The molecule has 3 aromatic rings. The van der Waals surface area contributed by atoms with E-state index >= 15 is 0 Å². The van der Waals surface area contributed by atoms with Gasteiger partial charge in [-0.15, -0.1) is 11.6 Å². The summed E-state index contributed by atoms with van der Waals surface area (Å²) in [6, 6.07) is 17.1. The van der Waals surface area contributed by atoms with Crippen molar-refractivity contribution in [1.82, 2.24) is 4.57 Å². The van der Waals surface area contributed by atoms with Gasteiger partial charge in [-0.05, 0) is 23.8 Å². The predicted octanol–water partition coefficient (Wildman–Crippen LogP) is 4.07. The molecular weight excluding hydrogens is 258 g/mol. The van der Waals surface area contributed by atoms with Crippen molar-refractivity contribution in [2.24, 2.45) is 0 Å². The molecule has 3 heteroatoms. The summed E-state index contributed by atoms with van der Waals surface area (Å²) in [5.41, 5.74) is 2.53. The Kier molecular flexibility index (Phi) is 3.10. The Morgan fingerprint density at radius 3 is 2.53 bits per heavy atom. The second-order valence-electron chi connectivity index (χ2n) is 4.35. The van der Waals surface area contributed by atoms with Gasteiger partial charge in [0.05, 0.1) is 5.52 Å². The largest absolute Gasteiger partial charge is 0.283 e. The average molecular weight is 270 g/mol. The highest BCUT2D eigenvalue weighted by Crippen LogP contribution is 2.22. The van der Waals surface area contributed by atoms with Crippen molar-refractivity contribution in [1.29, 1.82) is 0 Å². The van der Waals surface area contributed by atoms with Crippen LogP contribution in [0.1, 0.15) is 15.9 Å². The fourth-order valence-corrected chi connectivity index (χ4v) is 2.48. The molecule has 0 bridgehead atoms. The Hall–Kier alpha value is -2.06. The molecule has 0 aliphatic carbocycles. The van der Waals surface area contributed by atoms with Crippen LogP contribution in [-0.4, -0.2) is 10.5 Å². The molecule has 0 fully saturated rings. The molecule has 0 saturated heterocycles. The highest BCUT2D eigenvalue weighted by Gasteiger charge is 2.13. The van der Waals surface area contributed by atoms with Crippen molar-refractivity contribution in [3.63, 3.8) is 0 Å². The van der Waals surface area contributed by atoms with Crippen LogP contribution in [0.4, 0.5) is 0 Å². The number of hydrogen-bond acceptors (Lipinski definition) is 1. The lowest BCUT2D eigenvalue weighted by molar-refractivity contribution is 0.0965. The standard InChI is InChI=1S/C16H12ClNO/c17-11-14-8-4-7-12-9-10-18(15(12)14)16(19)13-5-2-1-3-6-13/h1-10H,11H2. The van der Waals surface area contributed by atoms with E-state index in [1.807, 2.05) is 54.6 Å². The number of fused-ring (bicyclic) bond motifs is 1. The van der Waals surface area contributed by atoms with Crippen LogP contribution in [0.25, 0.3) is 10.9 Å². The van der Waals surface area contributed by atoms with Crippen molar-refractivity contribution in [2.75, 3.05) is 0 Å². The van der Waals surface area contributed by atoms with Gasteiger partial charge in [0.15, 0.2) is 0 Å². The number of halogens is 1. The van der Waals surface area contributed by atoms with Gasteiger partial charge < -0.3 is 0 Å². The predicted molar refractivity (Wildman–Crippen MR) is 77.7 cm³/mol. The zero-order chi connectivity index (χ0) is 13.2. The fourth-order valence-electron chi connectivity index (χ4n) is 2.27. The summed E-state index contributed by atoms with van der Waals surface area (Å²) >= 11 is 5.96. The number of nitrogens with zero attached hydrogens (tertiary/aromatic N) is 1. The van der Waals surface area contributed by atoms with Crippen LogP contribution in [0.2, 0.25) is 0 Å². The van der Waals surface area contributed by atoms with Gasteiger partial charge in [-0.25, -0.2) is 0 Å². The summed E-state index contributed by atoms with van der Waals surface area (Å²) in [5, 5.41) is 1.03. The van der Waals surface area contributed by atoms with E-state index in [2.05, 4.69) is 0 Å². The highest BCUT2D eigenvalue weighted by atomic mass is 35.5. The number of aromatic nitrogens is 1. The van der Waals surface area contributed by atoms with Crippen LogP contribution in [0.3, 0.4) is 0 Å². The first kappa shape index (κ1) is 12.0. The van der Waals surface area contributed by atoms with E-state index in [0.717, 1.165) is 16.5 Å². The summed E-state index contributed by atoms with van der Waals surface area (Å²) < 4.78 is 1.67. The molecule has 0 saturated carbocycles. The molecule has 2 aromatic carbocycles. The van der Waals surface area contributed by atoms with Crippen LogP contribution in [0.5, 0.6) is 0 Å². The SMILES string of the molecule is O=C(c1ccccc1)n1ccc2cccc(CCl)c21. The Labute approximate surface area is 116 Å². The van der Waals surface area contributed by atoms with Crippen molar-refractivity contribution < 1.29 is 4.79 Å². The number of carbonyl (C=O) groups is 1. The average Bonchev–Trinajstić information content (AvgIpc) is 2.91. The van der Waals surface area contributed by atoms with Crippen molar-refractivity contribution in [2.45, 2.75) is 5.88 Å². The van der Waals surface area contributed by atoms with Gasteiger partial charge >= 0.3 is 0 Å². The fraction of sp³-hybridized carbons (Fsp3) is 0.0625. The zero-order valence-electron chi connectivity index (χ0n) is 10.2. The molecule has 0 unspecified atom stereocenters. The number of para-hydroxylation sites is 1. The van der Waals surface area contributed by atoms with Gasteiger partial charge in [-0.1, -0.05) is 36.4 Å². The molecule has 0 aliphatic heterocycles. The Morgan fingerprint density at radius 2 is 1.79 bits per heavy atom. The number of alkyl halides is 1. The first-order chi connectivity index (χ1) is 9.31. The van der Waals surface area contributed by atoms with Crippen molar-refractivity contribution in [3.05, 3.63) is 71.9 Å². The first-order valence-corrected chi connectivity index (χ1v) is 6.59. The normalized spacial score (nSPS) is 10.8. The molecule has 0 atom stereocenters. The van der Waals surface area contributed by atoms with Crippen LogP contribution in [0, 0.1) is 0 Å². The Bertz CT molecular complexity index is 731. The van der Waals surface area contributed by atoms with Gasteiger partial charge in [-0.3, -0.25) is 9.36 Å². The maximum Gasteiger partial charge on any atom is 0.262 e. The molecule has 19 heavy (non-hydrogen) atoms. The van der Waals surface area contributed by atoms with Crippen molar-refractivity contribution in [3.8, 4) is 0 Å². The Balaban J connectivity index is 2.18. The number of benzene rings is 2. The summed E-state index contributed by atoms with van der Waals surface area (Å²) in [7, 11) is 0. The number of rotatable bonds is 2. The summed E-state index contributed by atoms with van der Waals surface area (Å²) in [4.78, 5) is 12.5. The third kappa shape index (κ3) is 2.04. The maximum atomic E-state index is 12.5. The zero-order valence-corrected chi connectivity index (χ0v) is 11.0. The van der Waals surface area contributed by atoms with Crippen LogP contribution in [-0.2, 0) is 5.88 Å². The monoisotopic (exact) mass is 269 g/mol. The molecule has 1 heterocycles. The minimum Gasteiger partial charge on any atom is -0.283 e. The Morgan fingerprint density at radius 1 is 1.00 bits per heavy atom. The lowest BCUT2D eigenvalue weighted by Gasteiger charge is -2.07. The molecule has 0 aliphatic rings. The lowest BCUT2D eigenvalue weighted by Crippen LogP contribution is -2.11. The first-order valence-electron chi connectivity index (χ1n) is 6.06. The van der Waals surface area contributed by atoms with Crippen molar-refractivity contribution >= 4 is 28.4 Å². The quantitative estimate of drug-likeness (QED) is 0.643. The molecule has 94 valence electrons. The maximum absolute atomic E-state index is 12.5. The molecule has 3 rings (SSSR count). The molecule has 2 nitrogen and oxygen atoms in total. The minimum absolute atomic E-state index is 0.0341. The molecule has 0 spiro atoms. The molecule has 0 amide bonds. The topological polar surface area (TPSA) is 22.0 Å². The van der Waals surface area contributed by atoms with E-state index in [4.69, 9.17) is 11.6 Å². The molecule has 0 N–H and O–H groups in total. The summed E-state index contributed by atoms with van der Waals surface area (Å²) in [5.74, 6) is 0.358. The van der Waals surface area contributed by atoms with Gasteiger partial charge in [0.2, 0.25) is 0 Å². The van der Waals surface area contributed by atoms with E-state index in [-0.39, 0.29) is 5.91 Å². The van der Waals surface area contributed by atoms with Crippen LogP contribution >= 0.6 is 11.6 Å². The smallest absolute Gasteiger partial charge is 0.262 e. The minimum atomic E-state index is -0.0341. The van der Waals surface area contributed by atoms with E-state index in [1.165, 1.54) is 0 Å². The molecular formula is C16H12ClNO. The van der Waals surface area contributed by atoms with Crippen LogP contribution in [0.15, 0.2) is 60.8 Å². The second-order valence-corrected chi connectivity index (χ2v) is 4.61. The van der Waals surface area contributed by atoms with E-state index in [1.54, 1.807) is 10.8 Å². The van der Waals surface area contributed by atoms with Gasteiger partial charge in [0.1, 0.15) is 0 Å². The lowest BCUT2D eigenvalue weighted by atomic mass is 10.1. The molecule has 0 radical (unpaired) electrons. The summed E-state index contributed by atoms with van der Waals surface area (Å²) in [6.07, 6.45) is 1.80. The molecule has 1 aromatic heterocycles. The van der Waals surface area contributed by atoms with E-state index < -0.39 is 0 Å². The van der Waals surface area contributed by atoms with Gasteiger partial charge in [0.25, 0.3) is 5.91 Å². The summed E-state index contributed by atoms with van der Waals surface area (Å²) in [6.45, 7) is 0. The number of hydrogen-bond donors (Lipinski definition) is 0. The second kappa shape index (κ2) is 4.90. The third-order valence-electron chi connectivity index (χ3n) is 3.18. The highest BCUT2D eigenvalue weighted by molar-refractivity contribution is 6.18. The number of carbonyl (C=O) groups excluding carboxylic acids is 1.